The molecule has 0 saturated heterocycles. The topological polar surface area (TPSA) is 94.8 Å². The van der Waals surface area contributed by atoms with Gasteiger partial charge < -0.3 is 15.3 Å². The molecular weight excluding hydrogens is 300 g/mol. The van der Waals surface area contributed by atoms with E-state index in [1.54, 1.807) is 24.3 Å². The molecule has 1 atom stereocenters. The van der Waals surface area contributed by atoms with Crippen LogP contribution in [0, 0.1) is 0 Å². The number of aliphatic carboxylic acids is 2. The Labute approximate surface area is 122 Å². The molecule has 1 aromatic carbocycles. The molecule has 112 valence electrons. The number of phenolic OH excluding ortho intramolecular Hbond substituents is 1. The number of carboxylic acids is 2. The molecule has 0 aliphatic carbocycles. The summed E-state index contributed by atoms with van der Waals surface area (Å²) in [6.45, 7) is 0. The fourth-order valence-electron chi connectivity index (χ4n) is 1.57. The van der Waals surface area contributed by atoms with E-state index in [2.05, 4.69) is 0 Å². The van der Waals surface area contributed by atoms with Gasteiger partial charge >= 0.3 is 11.9 Å². The zero-order valence-electron chi connectivity index (χ0n) is 11.1. The zero-order valence-corrected chi connectivity index (χ0v) is 12.7. The maximum atomic E-state index is 10.8. The van der Waals surface area contributed by atoms with Crippen LogP contribution in [0.5, 0.6) is 5.75 Å². The van der Waals surface area contributed by atoms with Crippen LogP contribution in [0.2, 0.25) is 0 Å². The SMILES string of the molecule is CS(CCC(=O)O)(SCCC(=O)O)c1ccc(O)cc1. The van der Waals surface area contributed by atoms with Crippen molar-refractivity contribution in [3.63, 3.8) is 0 Å². The average Bonchev–Trinajstić information content (AvgIpc) is 2.36. The maximum Gasteiger partial charge on any atom is 0.304 e. The van der Waals surface area contributed by atoms with Crippen molar-refractivity contribution in [3.05, 3.63) is 24.3 Å². The van der Waals surface area contributed by atoms with Gasteiger partial charge in [0.15, 0.2) is 0 Å². The number of hydrogen-bond acceptors (Lipinski definition) is 4. The Hall–Kier alpha value is -1.34. The highest BCUT2D eigenvalue weighted by Crippen LogP contribution is 2.63. The van der Waals surface area contributed by atoms with Gasteiger partial charge in [-0.1, -0.05) is 0 Å². The Kier molecular flexibility index (Phi) is 6.22. The van der Waals surface area contributed by atoms with E-state index in [9.17, 15) is 14.7 Å². The van der Waals surface area contributed by atoms with Crippen molar-refractivity contribution in [2.75, 3.05) is 17.8 Å². The first-order valence-electron chi connectivity index (χ1n) is 5.96. The first-order valence-corrected chi connectivity index (χ1v) is 9.68. The lowest BCUT2D eigenvalue weighted by Gasteiger charge is -2.35. The van der Waals surface area contributed by atoms with Gasteiger partial charge in [-0.25, -0.2) is 0 Å². The first-order chi connectivity index (χ1) is 9.33. The van der Waals surface area contributed by atoms with Crippen LogP contribution in [0.25, 0.3) is 0 Å². The second-order valence-corrected chi connectivity index (χ2v) is 10.8. The molecule has 7 heteroatoms. The third kappa shape index (κ3) is 5.34. The van der Waals surface area contributed by atoms with E-state index in [4.69, 9.17) is 10.2 Å². The van der Waals surface area contributed by atoms with E-state index >= 15 is 0 Å². The number of benzene rings is 1. The van der Waals surface area contributed by atoms with Crippen molar-refractivity contribution in [3.8, 4) is 5.75 Å². The molecule has 5 nitrogen and oxygen atoms in total. The van der Waals surface area contributed by atoms with Crippen molar-refractivity contribution < 1.29 is 24.9 Å². The number of hydrogen-bond donors (Lipinski definition) is 3. The van der Waals surface area contributed by atoms with Gasteiger partial charge in [-0.2, -0.15) is 9.06 Å². The number of aromatic hydroxyl groups is 1. The molecule has 0 radical (unpaired) electrons. The summed E-state index contributed by atoms with van der Waals surface area (Å²) in [6, 6.07) is 6.69. The molecule has 0 bridgehead atoms. The molecular formula is C13H18O5S2. The fraction of sp³-hybridized carbons (Fsp3) is 0.385. The molecule has 3 N–H and O–H groups in total. The fourth-order valence-corrected chi connectivity index (χ4v) is 6.66. The molecule has 1 unspecified atom stereocenters. The largest absolute Gasteiger partial charge is 0.508 e. The number of phenols is 1. The van der Waals surface area contributed by atoms with Gasteiger partial charge in [-0.15, -0.1) is 10.8 Å². The molecule has 20 heavy (non-hydrogen) atoms. The van der Waals surface area contributed by atoms with Crippen molar-refractivity contribution >= 4 is 31.8 Å². The molecule has 1 rings (SSSR count). The first kappa shape index (κ1) is 16.7. The molecule has 0 heterocycles. The van der Waals surface area contributed by atoms with Crippen molar-refractivity contribution in [2.24, 2.45) is 0 Å². The molecule has 1 aromatic rings. The summed E-state index contributed by atoms with van der Waals surface area (Å²) in [5.41, 5.74) is 0. The van der Waals surface area contributed by atoms with Gasteiger partial charge in [-0.05, 0) is 35.4 Å². The quantitative estimate of drug-likeness (QED) is 0.638. The molecule has 0 fully saturated rings. The summed E-state index contributed by atoms with van der Waals surface area (Å²) in [6.07, 6.45) is 2.08. The van der Waals surface area contributed by atoms with Crippen molar-refractivity contribution in [1.82, 2.24) is 0 Å². The van der Waals surface area contributed by atoms with Crippen LogP contribution >= 0.6 is 19.9 Å². The predicted molar refractivity (Wildman–Crippen MR) is 81.7 cm³/mol. The monoisotopic (exact) mass is 318 g/mol. The van der Waals surface area contributed by atoms with Crippen molar-refractivity contribution in [2.45, 2.75) is 17.7 Å². The normalized spacial score (nSPS) is 15.2. The van der Waals surface area contributed by atoms with Crippen LogP contribution < -0.4 is 0 Å². The van der Waals surface area contributed by atoms with E-state index in [-0.39, 0.29) is 18.6 Å². The van der Waals surface area contributed by atoms with Crippen LogP contribution in [0.1, 0.15) is 12.8 Å². The number of carboxylic acid groups (broad SMARTS) is 2. The molecule has 0 aliphatic rings. The van der Waals surface area contributed by atoms with Crippen molar-refractivity contribution in [1.29, 1.82) is 0 Å². The zero-order chi connectivity index (χ0) is 15.2. The van der Waals surface area contributed by atoms with Crippen LogP contribution in [0.3, 0.4) is 0 Å². The average molecular weight is 318 g/mol. The highest BCUT2D eigenvalue weighted by molar-refractivity contribution is 8.94. The minimum Gasteiger partial charge on any atom is -0.508 e. The summed E-state index contributed by atoms with van der Waals surface area (Å²) in [7, 11) is 0.0468. The number of rotatable bonds is 8. The van der Waals surface area contributed by atoms with Gasteiger partial charge in [0.1, 0.15) is 5.75 Å². The van der Waals surface area contributed by atoms with Crippen LogP contribution in [0.15, 0.2) is 29.2 Å². The summed E-state index contributed by atoms with van der Waals surface area (Å²) >= 11 is 0. The standard InChI is InChI=1S/C13H18O5S2/c1-20(9-7-13(17)18,19-8-6-12(15)16)11-4-2-10(14)3-5-11/h2-5,14H,6-9H2,1H3,(H,15,16)(H,17,18). The third-order valence-electron chi connectivity index (χ3n) is 2.70. The van der Waals surface area contributed by atoms with Crippen LogP contribution in [-0.2, 0) is 9.59 Å². The molecule has 0 amide bonds. The summed E-state index contributed by atoms with van der Waals surface area (Å²) in [4.78, 5) is 22.3. The Morgan fingerprint density at radius 3 is 2.15 bits per heavy atom. The summed E-state index contributed by atoms with van der Waals surface area (Å²) < 4.78 is 0. The van der Waals surface area contributed by atoms with E-state index in [0.717, 1.165) is 4.90 Å². The predicted octanol–water partition coefficient (Wildman–Crippen LogP) is 2.78. The highest BCUT2D eigenvalue weighted by Gasteiger charge is 2.23. The Morgan fingerprint density at radius 1 is 1.10 bits per heavy atom. The van der Waals surface area contributed by atoms with Gasteiger partial charge in [0.05, 0.1) is 12.8 Å². The summed E-state index contributed by atoms with van der Waals surface area (Å²) in [5, 5.41) is 26.9. The second-order valence-electron chi connectivity index (χ2n) is 4.31. The molecule has 0 aliphatic heterocycles. The van der Waals surface area contributed by atoms with Gasteiger partial charge in [0.25, 0.3) is 0 Å². The minimum atomic E-state index is -1.46. The smallest absolute Gasteiger partial charge is 0.304 e. The third-order valence-corrected chi connectivity index (χ3v) is 8.98. The van der Waals surface area contributed by atoms with Crippen LogP contribution in [-0.4, -0.2) is 45.0 Å². The molecule has 0 aromatic heterocycles. The lowest BCUT2D eigenvalue weighted by molar-refractivity contribution is -0.137. The van der Waals surface area contributed by atoms with Gasteiger partial charge in [0, 0.05) is 11.5 Å². The Morgan fingerprint density at radius 2 is 1.65 bits per heavy atom. The van der Waals surface area contributed by atoms with E-state index in [1.165, 1.54) is 10.8 Å². The Bertz CT molecular complexity index is 474. The van der Waals surface area contributed by atoms with E-state index in [0.29, 0.717) is 11.5 Å². The highest BCUT2D eigenvalue weighted by atomic mass is 33.2. The van der Waals surface area contributed by atoms with Gasteiger partial charge in [-0.3, -0.25) is 9.59 Å². The molecule has 0 saturated carbocycles. The maximum absolute atomic E-state index is 10.8. The van der Waals surface area contributed by atoms with Crippen LogP contribution in [0.4, 0.5) is 0 Å². The summed E-state index contributed by atoms with van der Waals surface area (Å²) in [5.74, 6) is -0.632. The lowest BCUT2D eigenvalue weighted by atomic mass is 10.3. The lowest BCUT2D eigenvalue weighted by Crippen LogP contribution is -2.07. The van der Waals surface area contributed by atoms with E-state index in [1.807, 2.05) is 6.26 Å². The Balaban J connectivity index is 2.84. The van der Waals surface area contributed by atoms with E-state index < -0.39 is 21.0 Å². The molecule has 0 spiro atoms. The number of carbonyl (C=O) groups is 2. The second kappa shape index (κ2) is 7.44. The minimum absolute atomic E-state index is 0.0484. The van der Waals surface area contributed by atoms with Gasteiger partial charge in [0.2, 0.25) is 0 Å².